The van der Waals surface area contributed by atoms with Gasteiger partial charge in [-0.05, 0) is 69.0 Å². The van der Waals surface area contributed by atoms with Crippen LogP contribution in [0, 0.1) is 5.92 Å². The average molecular weight is 353 g/mol. The van der Waals surface area contributed by atoms with E-state index >= 15 is 0 Å². The molecule has 0 bridgehead atoms. The van der Waals surface area contributed by atoms with Crippen molar-refractivity contribution in [2.45, 2.75) is 38.1 Å². The zero-order valence-corrected chi connectivity index (χ0v) is 14.5. The third-order valence-corrected chi connectivity index (χ3v) is 4.28. The number of carbonyl (C=O) groups excluding carboxylic acids is 2. The largest absolute Gasteiger partial charge is 0.335 e. The number of amides is 3. The third-order valence-electron chi connectivity index (χ3n) is 4.28. The Kier molecular flexibility index (Phi) is 6.87. The van der Waals surface area contributed by atoms with Crippen molar-refractivity contribution in [3.63, 3.8) is 0 Å². The summed E-state index contributed by atoms with van der Waals surface area (Å²) in [6.45, 7) is 2.09. The first kappa shape index (κ1) is 18.5. The molecule has 1 aromatic carbocycles. The molecular weight excluding hydrogens is 328 g/mol. The fraction of sp³-hybridized carbons (Fsp3) is 0.529. The van der Waals surface area contributed by atoms with Crippen LogP contribution in [0.3, 0.4) is 0 Å². The van der Waals surface area contributed by atoms with Gasteiger partial charge in [0.2, 0.25) is 5.91 Å². The number of rotatable bonds is 6. The van der Waals surface area contributed by atoms with Crippen LogP contribution in [-0.4, -0.2) is 31.1 Å². The second kappa shape index (κ2) is 8.89. The minimum atomic E-state index is -0.172. The number of halogens is 1. The van der Waals surface area contributed by atoms with E-state index in [9.17, 15) is 9.59 Å². The van der Waals surface area contributed by atoms with E-state index in [0.29, 0.717) is 18.4 Å². The predicted octanol–water partition coefficient (Wildman–Crippen LogP) is 2.72. The van der Waals surface area contributed by atoms with Gasteiger partial charge in [0, 0.05) is 23.8 Å². The Morgan fingerprint density at radius 3 is 2.29 bits per heavy atom. The monoisotopic (exact) mass is 352 g/mol. The standard InChI is InChI=1S/C17H24N4O2.ClH/c22-16(8-1-12-9-10-18-11-12)19-13-2-4-14(5-3-13)20-17(23)21-15-6-7-15;/h2-5,12,15,18H,1,6-11H2,(H,19,22)(H2,20,21,23);1H. The number of nitrogens with one attached hydrogen (secondary N) is 4. The summed E-state index contributed by atoms with van der Waals surface area (Å²) >= 11 is 0. The molecule has 1 saturated carbocycles. The molecule has 24 heavy (non-hydrogen) atoms. The molecule has 1 saturated heterocycles. The second-order valence-electron chi connectivity index (χ2n) is 6.40. The highest BCUT2D eigenvalue weighted by Crippen LogP contribution is 2.19. The predicted molar refractivity (Wildman–Crippen MR) is 97.7 cm³/mol. The fourth-order valence-electron chi connectivity index (χ4n) is 2.74. The Hall–Kier alpha value is -1.79. The van der Waals surface area contributed by atoms with E-state index in [1.165, 1.54) is 0 Å². The SMILES string of the molecule is Cl.O=C(CCC1CCNC1)Nc1ccc(NC(=O)NC2CC2)cc1. The minimum absolute atomic E-state index is 0. The van der Waals surface area contributed by atoms with Crippen molar-refractivity contribution in [1.82, 2.24) is 10.6 Å². The first-order chi connectivity index (χ1) is 11.2. The van der Waals surface area contributed by atoms with Gasteiger partial charge >= 0.3 is 6.03 Å². The van der Waals surface area contributed by atoms with Gasteiger partial charge in [0.1, 0.15) is 0 Å². The van der Waals surface area contributed by atoms with Crippen molar-refractivity contribution in [1.29, 1.82) is 0 Å². The van der Waals surface area contributed by atoms with E-state index in [4.69, 9.17) is 0 Å². The summed E-state index contributed by atoms with van der Waals surface area (Å²) in [5.74, 6) is 0.668. The van der Waals surface area contributed by atoms with Crippen molar-refractivity contribution >= 4 is 35.7 Å². The number of hydrogen-bond acceptors (Lipinski definition) is 3. The average Bonchev–Trinajstić information content (AvgIpc) is 3.18. The van der Waals surface area contributed by atoms with Gasteiger partial charge in [-0.3, -0.25) is 4.79 Å². The van der Waals surface area contributed by atoms with E-state index in [-0.39, 0.29) is 24.3 Å². The molecule has 6 nitrogen and oxygen atoms in total. The molecule has 4 N–H and O–H groups in total. The lowest BCUT2D eigenvalue weighted by Crippen LogP contribution is -2.30. The van der Waals surface area contributed by atoms with Crippen LogP contribution in [0.15, 0.2) is 24.3 Å². The number of hydrogen-bond donors (Lipinski definition) is 4. The maximum atomic E-state index is 11.9. The third kappa shape index (κ3) is 6.02. The summed E-state index contributed by atoms with van der Waals surface area (Å²) in [5, 5.41) is 11.9. The van der Waals surface area contributed by atoms with Gasteiger partial charge in [-0.15, -0.1) is 12.4 Å². The summed E-state index contributed by atoms with van der Waals surface area (Å²) in [6.07, 6.45) is 4.77. The molecule has 3 amide bonds. The van der Waals surface area contributed by atoms with E-state index < -0.39 is 0 Å². The number of benzene rings is 1. The highest BCUT2D eigenvalue weighted by Gasteiger charge is 2.23. The summed E-state index contributed by atoms with van der Waals surface area (Å²) < 4.78 is 0. The first-order valence-electron chi connectivity index (χ1n) is 8.37. The highest BCUT2D eigenvalue weighted by molar-refractivity contribution is 5.92. The van der Waals surface area contributed by atoms with Crippen molar-refractivity contribution in [2.75, 3.05) is 23.7 Å². The zero-order valence-electron chi connectivity index (χ0n) is 13.6. The van der Waals surface area contributed by atoms with Crippen LogP contribution in [0.2, 0.25) is 0 Å². The summed E-state index contributed by atoms with van der Waals surface area (Å²) in [5.41, 5.74) is 1.48. The van der Waals surface area contributed by atoms with E-state index in [0.717, 1.165) is 50.1 Å². The Bertz CT molecular complexity index is 554. The molecule has 3 rings (SSSR count). The summed E-state index contributed by atoms with van der Waals surface area (Å²) in [4.78, 5) is 23.6. The van der Waals surface area contributed by atoms with Crippen LogP contribution < -0.4 is 21.3 Å². The number of urea groups is 1. The van der Waals surface area contributed by atoms with Gasteiger partial charge in [-0.25, -0.2) is 4.79 Å². The highest BCUT2D eigenvalue weighted by atomic mass is 35.5. The molecule has 132 valence electrons. The van der Waals surface area contributed by atoms with E-state index in [2.05, 4.69) is 21.3 Å². The van der Waals surface area contributed by atoms with Crippen LogP contribution >= 0.6 is 12.4 Å². The molecule has 0 aromatic heterocycles. The maximum absolute atomic E-state index is 11.9. The topological polar surface area (TPSA) is 82.3 Å². The van der Waals surface area contributed by atoms with Gasteiger partial charge in [0.05, 0.1) is 0 Å². The molecule has 7 heteroatoms. The fourth-order valence-corrected chi connectivity index (χ4v) is 2.74. The smallest absolute Gasteiger partial charge is 0.319 e. The van der Waals surface area contributed by atoms with Crippen LogP contribution in [-0.2, 0) is 4.79 Å². The van der Waals surface area contributed by atoms with Gasteiger partial charge in [0.25, 0.3) is 0 Å². The van der Waals surface area contributed by atoms with Crippen LogP contribution in [0.25, 0.3) is 0 Å². The normalized spacial score (nSPS) is 19.2. The van der Waals surface area contributed by atoms with Crippen molar-refractivity contribution in [2.24, 2.45) is 5.92 Å². The lowest BCUT2D eigenvalue weighted by molar-refractivity contribution is -0.116. The molecule has 1 aromatic rings. The first-order valence-corrected chi connectivity index (χ1v) is 8.37. The second-order valence-corrected chi connectivity index (χ2v) is 6.40. The summed E-state index contributed by atoms with van der Waals surface area (Å²) in [7, 11) is 0. The maximum Gasteiger partial charge on any atom is 0.319 e. The van der Waals surface area contributed by atoms with Crippen LogP contribution in [0.1, 0.15) is 32.1 Å². The lowest BCUT2D eigenvalue weighted by atomic mass is 10.0. The number of carbonyl (C=O) groups is 2. The van der Waals surface area contributed by atoms with Crippen LogP contribution in [0.5, 0.6) is 0 Å². The molecule has 1 atom stereocenters. The Morgan fingerprint density at radius 2 is 1.71 bits per heavy atom. The molecule has 1 unspecified atom stereocenters. The van der Waals surface area contributed by atoms with Gasteiger partial charge in [-0.1, -0.05) is 0 Å². The van der Waals surface area contributed by atoms with Gasteiger partial charge in [0.15, 0.2) is 0 Å². The Labute approximate surface area is 148 Å². The van der Waals surface area contributed by atoms with E-state index in [1.807, 2.05) is 12.1 Å². The summed E-state index contributed by atoms with van der Waals surface area (Å²) in [6, 6.07) is 7.37. The molecule has 1 aliphatic heterocycles. The molecule has 0 spiro atoms. The van der Waals surface area contributed by atoms with Crippen molar-refractivity contribution in [3.8, 4) is 0 Å². The Morgan fingerprint density at radius 1 is 1.04 bits per heavy atom. The minimum Gasteiger partial charge on any atom is -0.335 e. The van der Waals surface area contributed by atoms with Crippen molar-refractivity contribution < 1.29 is 9.59 Å². The molecule has 1 heterocycles. The molecule has 2 fully saturated rings. The van der Waals surface area contributed by atoms with Crippen molar-refractivity contribution in [3.05, 3.63) is 24.3 Å². The van der Waals surface area contributed by atoms with E-state index in [1.54, 1.807) is 12.1 Å². The number of anilines is 2. The quantitative estimate of drug-likeness (QED) is 0.635. The molecule has 0 radical (unpaired) electrons. The van der Waals surface area contributed by atoms with Crippen LogP contribution in [0.4, 0.5) is 16.2 Å². The zero-order chi connectivity index (χ0) is 16.1. The lowest BCUT2D eigenvalue weighted by Gasteiger charge is -2.10. The molecular formula is C17H25ClN4O2. The Balaban J connectivity index is 0.00000208. The van der Waals surface area contributed by atoms with Gasteiger partial charge in [-0.2, -0.15) is 0 Å². The molecule has 1 aliphatic carbocycles. The van der Waals surface area contributed by atoms with Gasteiger partial charge < -0.3 is 21.3 Å². The molecule has 2 aliphatic rings.